The van der Waals surface area contributed by atoms with Crippen LogP contribution in [0.15, 0.2) is 36.5 Å². The number of pyridine rings is 1. The minimum absolute atomic E-state index is 0.226. The van der Waals surface area contributed by atoms with Gasteiger partial charge in [-0.05, 0) is 18.2 Å². The van der Waals surface area contributed by atoms with Crippen molar-refractivity contribution in [3.63, 3.8) is 0 Å². The predicted octanol–water partition coefficient (Wildman–Crippen LogP) is 3.22. The molecule has 3 N–H and O–H groups in total. The average Bonchev–Trinajstić information content (AvgIpc) is 2.35. The molecule has 0 bridgehead atoms. The SMILES string of the molecule is Nc1cc(C(=O)Nc2ccccc2Cl)c(Cl)cn1. The molecule has 92 valence electrons. The van der Waals surface area contributed by atoms with E-state index in [0.717, 1.165) is 0 Å². The van der Waals surface area contributed by atoms with Gasteiger partial charge in [0.05, 0.1) is 21.3 Å². The van der Waals surface area contributed by atoms with Gasteiger partial charge in [0.25, 0.3) is 5.91 Å². The zero-order chi connectivity index (χ0) is 13.1. The second-order valence-electron chi connectivity index (χ2n) is 3.52. The van der Waals surface area contributed by atoms with Crippen LogP contribution >= 0.6 is 23.2 Å². The van der Waals surface area contributed by atoms with E-state index in [-0.39, 0.29) is 22.3 Å². The van der Waals surface area contributed by atoms with Crippen molar-refractivity contribution in [2.45, 2.75) is 0 Å². The highest BCUT2D eigenvalue weighted by Gasteiger charge is 2.12. The molecule has 2 rings (SSSR count). The monoisotopic (exact) mass is 281 g/mol. The Bertz CT molecular complexity index is 602. The molecule has 0 atom stereocenters. The maximum atomic E-state index is 12.0. The van der Waals surface area contributed by atoms with Crippen LogP contribution in [0.1, 0.15) is 10.4 Å². The maximum Gasteiger partial charge on any atom is 0.257 e. The predicted molar refractivity (Wildman–Crippen MR) is 73.1 cm³/mol. The van der Waals surface area contributed by atoms with E-state index in [1.54, 1.807) is 24.3 Å². The Hall–Kier alpha value is -1.78. The van der Waals surface area contributed by atoms with Crippen LogP contribution in [0.3, 0.4) is 0 Å². The van der Waals surface area contributed by atoms with E-state index in [9.17, 15) is 4.79 Å². The number of carbonyl (C=O) groups is 1. The van der Waals surface area contributed by atoms with Crippen LogP contribution in [0, 0.1) is 0 Å². The van der Waals surface area contributed by atoms with E-state index >= 15 is 0 Å². The molecule has 0 aliphatic carbocycles. The number of rotatable bonds is 2. The Balaban J connectivity index is 2.28. The molecule has 0 saturated heterocycles. The van der Waals surface area contributed by atoms with E-state index in [1.165, 1.54) is 12.3 Å². The highest BCUT2D eigenvalue weighted by atomic mass is 35.5. The van der Waals surface area contributed by atoms with Gasteiger partial charge in [0.1, 0.15) is 5.82 Å². The number of amides is 1. The van der Waals surface area contributed by atoms with Gasteiger partial charge in [0.15, 0.2) is 0 Å². The summed E-state index contributed by atoms with van der Waals surface area (Å²) in [5.74, 6) is -0.161. The van der Waals surface area contributed by atoms with Crippen LogP contribution in [0.2, 0.25) is 10.0 Å². The fourth-order valence-corrected chi connectivity index (χ4v) is 1.75. The van der Waals surface area contributed by atoms with Crippen molar-refractivity contribution < 1.29 is 4.79 Å². The molecule has 6 heteroatoms. The average molecular weight is 282 g/mol. The summed E-state index contributed by atoms with van der Waals surface area (Å²) >= 11 is 11.8. The Morgan fingerprint density at radius 2 is 1.94 bits per heavy atom. The van der Waals surface area contributed by atoms with Crippen molar-refractivity contribution in [3.05, 3.63) is 52.1 Å². The van der Waals surface area contributed by atoms with Gasteiger partial charge in [-0.15, -0.1) is 0 Å². The molecular weight excluding hydrogens is 273 g/mol. The van der Waals surface area contributed by atoms with Gasteiger partial charge in [-0.25, -0.2) is 4.98 Å². The molecule has 0 aliphatic rings. The van der Waals surface area contributed by atoms with Gasteiger partial charge in [-0.1, -0.05) is 35.3 Å². The second-order valence-corrected chi connectivity index (χ2v) is 4.34. The number of halogens is 2. The number of nitrogen functional groups attached to an aromatic ring is 1. The highest BCUT2D eigenvalue weighted by Crippen LogP contribution is 2.23. The number of nitrogens with zero attached hydrogens (tertiary/aromatic N) is 1. The van der Waals surface area contributed by atoms with Gasteiger partial charge in [0, 0.05) is 6.20 Å². The Kier molecular flexibility index (Phi) is 3.69. The van der Waals surface area contributed by atoms with Crippen LogP contribution in [0.5, 0.6) is 0 Å². The van der Waals surface area contributed by atoms with Crippen LogP contribution in [0.4, 0.5) is 11.5 Å². The zero-order valence-corrected chi connectivity index (χ0v) is 10.7. The van der Waals surface area contributed by atoms with Crippen molar-refractivity contribution in [2.75, 3.05) is 11.1 Å². The van der Waals surface area contributed by atoms with Gasteiger partial charge < -0.3 is 11.1 Å². The van der Waals surface area contributed by atoms with Gasteiger partial charge in [-0.3, -0.25) is 4.79 Å². The summed E-state index contributed by atoms with van der Waals surface area (Å²) in [7, 11) is 0. The number of nitrogens with one attached hydrogen (secondary N) is 1. The van der Waals surface area contributed by atoms with Gasteiger partial charge >= 0.3 is 0 Å². The number of nitrogens with two attached hydrogens (primary N) is 1. The van der Waals surface area contributed by atoms with E-state index in [2.05, 4.69) is 10.3 Å². The maximum absolute atomic E-state index is 12.0. The third-order valence-electron chi connectivity index (χ3n) is 2.24. The summed E-state index contributed by atoms with van der Waals surface area (Å²) in [6.07, 6.45) is 1.33. The molecule has 2 aromatic rings. The number of carbonyl (C=O) groups excluding carboxylic acids is 1. The van der Waals surface area contributed by atoms with Crippen molar-refractivity contribution in [1.82, 2.24) is 4.98 Å². The molecule has 4 nitrogen and oxygen atoms in total. The first kappa shape index (κ1) is 12.7. The van der Waals surface area contributed by atoms with E-state index in [0.29, 0.717) is 10.7 Å². The summed E-state index contributed by atoms with van der Waals surface area (Å²) in [6, 6.07) is 8.33. The Morgan fingerprint density at radius 1 is 1.22 bits per heavy atom. The quantitative estimate of drug-likeness (QED) is 0.888. The fourth-order valence-electron chi connectivity index (χ4n) is 1.38. The van der Waals surface area contributed by atoms with Crippen molar-refractivity contribution in [2.24, 2.45) is 0 Å². The first-order valence-corrected chi connectivity index (χ1v) is 5.80. The van der Waals surface area contributed by atoms with Crippen LogP contribution < -0.4 is 11.1 Å². The Labute approximate surface area is 114 Å². The normalized spacial score (nSPS) is 10.1. The first-order chi connectivity index (χ1) is 8.58. The molecule has 1 aromatic carbocycles. The third kappa shape index (κ3) is 2.72. The number of anilines is 2. The largest absolute Gasteiger partial charge is 0.384 e. The number of benzene rings is 1. The molecule has 0 radical (unpaired) electrons. The molecule has 0 unspecified atom stereocenters. The number of aromatic nitrogens is 1. The fraction of sp³-hybridized carbons (Fsp3) is 0. The minimum atomic E-state index is -0.387. The molecule has 18 heavy (non-hydrogen) atoms. The van der Waals surface area contributed by atoms with Crippen molar-refractivity contribution >= 4 is 40.6 Å². The standard InChI is InChI=1S/C12H9Cl2N3O/c13-8-3-1-2-4-10(8)17-12(18)7-5-11(15)16-6-9(7)14/h1-6H,(H2,15,16)(H,17,18). The van der Waals surface area contributed by atoms with E-state index in [1.807, 2.05) is 0 Å². The third-order valence-corrected chi connectivity index (χ3v) is 2.87. The molecule has 1 heterocycles. The summed E-state index contributed by atoms with van der Waals surface area (Å²) in [5.41, 5.74) is 6.28. The lowest BCUT2D eigenvalue weighted by Crippen LogP contribution is -2.13. The Morgan fingerprint density at radius 3 is 2.67 bits per heavy atom. The van der Waals surface area contributed by atoms with E-state index in [4.69, 9.17) is 28.9 Å². The first-order valence-electron chi connectivity index (χ1n) is 5.05. The van der Waals surface area contributed by atoms with Crippen molar-refractivity contribution in [3.8, 4) is 0 Å². The van der Waals surface area contributed by atoms with Crippen molar-refractivity contribution in [1.29, 1.82) is 0 Å². The van der Waals surface area contributed by atoms with Gasteiger partial charge in [-0.2, -0.15) is 0 Å². The summed E-state index contributed by atoms with van der Waals surface area (Å²) in [5, 5.41) is 3.33. The summed E-state index contributed by atoms with van der Waals surface area (Å²) < 4.78 is 0. The van der Waals surface area contributed by atoms with Gasteiger partial charge in [0.2, 0.25) is 0 Å². The molecule has 0 fully saturated rings. The van der Waals surface area contributed by atoms with Crippen LogP contribution in [-0.4, -0.2) is 10.9 Å². The molecular formula is C12H9Cl2N3O. The number of hydrogen-bond acceptors (Lipinski definition) is 3. The van der Waals surface area contributed by atoms with Crippen LogP contribution in [-0.2, 0) is 0 Å². The molecule has 1 aromatic heterocycles. The lowest BCUT2D eigenvalue weighted by Gasteiger charge is -2.08. The molecule has 0 saturated carbocycles. The number of para-hydroxylation sites is 1. The second kappa shape index (κ2) is 5.25. The minimum Gasteiger partial charge on any atom is -0.384 e. The summed E-state index contributed by atoms with van der Waals surface area (Å²) in [4.78, 5) is 15.8. The molecule has 1 amide bonds. The molecule has 0 aliphatic heterocycles. The summed E-state index contributed by atoms with van der Waals surface area (Å²) in [6.45, 7) is 0. The topological polar surface area (TPSA) is 68.0 Å². The highest BCUT2D eigenvalue weighted by molar-refractivity contribution is 6.35. The zero-order valence-electron chi connectivity index (χ0n) is 9.15. The smallest absolute Gasteiger partial charge is 0.257 e. The molecule has 0 spiro atoms. The lowest BCUT2D eigenvalue weighted by atomic mass is 10.2. The van der Waals surface area contributed by atoms with E-state index < -0.39 is 0 Å². The lowest BCUT2D eigenvalue weighted by molar-refractivity contribution is 0.102. The number of hydrogen-bond donors (Lipinski definition) is 2. The van der Waals surface area contributed by atoms with Crippen LogP contribution in [0.25, 0.3) is 0 Å².